The highest BCUT2D eigenvalue weighted by atomic mass is 19.3. The van der Waals surface area contributed by atoms with E-state index in [2.05, 4.69) is 9.97 Å². The lowest BCUT2D eigenvalue weighted by molar-refractivity contribution is -0.138. The molecule has 150 valence electrons. The van der Waals surface area contributed by atoms with E-state index in [9.17, 15) is 35.9 Å². The zero-order chi connectivity index (χ0) is 21.1. The number of imide groups is 1. The molecular formula is C16H12F6N4O2. The summed E-state index contributed by atoms with van der Waals surface area (Å²) in [6, 6.07) is 1.17. The fraction of sp³-hybridized carbons (Fsp3) is 0.250. The second-order valence-corrected chi connectivity index (χ2v) is 5.33. The third-order valence-corrected chi connectivity index (χ3v) is 3.43. The van der Waals surface area contributed by atoms with Crippen LogP contribution in [0.25, 0.3) is 0 Å². The lowest BCUT2D eigenvalue weighted by Crippen LogP contribution is -2.36. The van der Waals surface area contributed by atoms with Gasteiger partial charge in [0, 0.05) is 0 Å². The number of urea groups is 1. The Bertz CT molecular complexity index is 886. The van der Waals surface area contributed by atoms with Crippen LogP contribution >= 0.6 is 0 Å². The van der Waals surface area contributed by atoms with Crippen LogP contribution in [-0.4, -0.2) is 28.3 Å². The highest BCUT2D eigenvalue weighted by Gasteiger charge is 2.46. The predicted molar refractivity (Wildman–Crippen MR) is 84.2 cm³/mol. The first-order valence-corrected chi connectivity index (χ1v) is 7.66. The number of hydrogen-bond acceptors (Lipinski definition) is 4. The Balaban J connectivity index is 2.21. The molecule has 0 aliphatic heterocycles. The van der Waals surface area contributed by atoms with Crippen molar-refractivity contribution in [3.63, 3.8) is 0 Å². The van der Waals surface area contributed by atoms with Crippen molar-refractivity contribution in [3.05, 3.63) is 53.0 Å². The molecule has 0 saturated heterocycles. The first-order chi connectivity index (χ1) is 13.1. The van der Waals surface area contributed by atoms with E-state index in [4.69, 9.17) is 0 Å². The van der Waals surface area contributed by atoms with E-state index in [1.807, 2.05) is 5.32 Å². The average Bonchev–Trinajstić information content (AvgIpc) is 2.61. The summed E-state index contributed by atoms with van der Waals surface area (Å²) in [7, 11) is 0. The molecule has 0 spiro atoms. The molecule has 3 amide bonds. The van der Waals surface area contributed by atoms with Gasteiger partial charge in [-0.1, -0.05) is 13.0 Å². The van der Waals surface area contributed by atoms with Crippen LogP contribution in [0.1, 0.15) is 28.7 Å². The van der Waals surface area contributed by atoms with E-state index in [1.165, 1.54) is 6.92 Å². The summed E-state index contributed by atoms with van der Waals surface area (Å²) in [5.74, 6) is -9.23. The number of alkyl halides is 4. The summed E-state index contributed by atoms with van der Waals surface area (Å²) < 4.78 is 79.5. The van der Waals surface area contributed by atoms with Gasteiger partial charge in [-0.2, -0.15) is 8.78 Å². The minimum Gasteiger partial charge on any atom is -0.291 e. The Morgan fingerprint density at radius 3 is 2.32 bits per heavy atom. The average molecular weight is 406 g/mol. The molecule has 1 aromatic heterocycles. The van der Waals surface area contributed by atoms with E-state index in [0.29, 0.717) is 0 Å². The maximum atomic E-state index is 13.6. The molecule has 0 saturated carbocycles. The van der Waals surface area contributed by atoms with Crippen LogP contribution < -0.4 is 10.6 Å². The number of rotatable bonds is 5. The summed E-state index contributed by atoms with van der Waals surface area (Å²) >= 11 is 0. The Morgan fingerprint density at radius 1 is 1.18 bits per heavy atom. The topological polar surface area (TPSA) is 84.0 Å². The van der Waals surface area contributed by atoms with Crippen LogP contribution in [0.4, 0.5) is 37.0 Å². The molecule has 0 unspecified atom stereocenters. The number of nitrogens with one attached hydrogen (secondary N) is 2. The molecular weight excluding hydrogens is 394 g/mol. The van der Waals surface area contributed by atoms with Crippen LogP contribution in [0.5, 0.6) is 0 Å². The van der Waals surface area contributed by atoms with Crippen molar-refractivity contribution in [1.29, 1.82) is 0 Å². The van der Waals surface area contributed by atoms with Crippen molar-refractivity contribution in [3.8, 4) is 0 Å². The molecule has 1 aromatic carbocycles. The maximum Gasteiger partial charge on any atom is 0.350 e. The van der Waals surface area contributed by atoms with Gasteiger partial charge in [0.15, 0.2) is 5.82 Å². The highest BCUT2D eigenvalue weighted by Crippen LogP contribution is 2.35. The zero-order valence-corrected chi connectivity index (χ0v) is 14.1. The fourth-order valence-corrected chi connectivity index (χ4v) is 2.13. The number of carbonyl (C=O) groups excluding carboxylic acids is 2. The molecule has 0 atom stereocenters. The first kappa shape index (κ1) is 21.1. The summed E-state index contributed by atoms with van der Waals surface area (Å²) in [5, 5.41) is 3.38. The molecule has 0 fully saturated rings. The van der Waals surface area contributed by atoms with Gasteiger partial charge in [0.2, 0.25) is 0 Å². The van der Waals surface area contributed by atoms with E-state index in [1.54, 1.807) is 5.32 Å². The third-order valence-electron chi connectivity index (χ3n) is 3.43. The smallest absolute Gasteiger partial charge is 0.291 e. The van der Waals surface area contributed by atoms with E-state index in [0.717, 1.165) is 24.4 Å². The maximum absolute atomic E-state index is 13.6. The van der Waals surface area contributed by atoms with E-state index < -0.39 is 58.7 Å². The van der Waals surface area contributed by atoms with Crippen molar-refractivity contribution in [2.45, 2.75) is 25.7 Å². The number of anilines is 1. The van der Waals surface area contributed by atoms with E-state index >= 15 is 0 Å². The van der Waals surface area contributed by atoms with Gasteiger partial charge in [-0.25, -0.2) is 27.3 Å². The molecule has 0 aliphatic rings. The third kappa shape index (κ3) is 4.38. The van der Waals surface area contributed by atoms with Crippen LogP contribution in [0.2, 0.25) is 0 Å². The van der Waals surface area contributed by atoms with Crippen LogP contribution in [-0.2, 0) is 12.3 Å². The minimum absolute atomic E-state index is 0.137. The monoisotopic (exact) mass is 406 g/mol. The number of benzene rings is 1. The van der Waals surface area contributed by atoms with Crippen LogP contribution in [0.3, 0.4) is 0 Å². The number of aromatic nitrogens is 2. The van der Waals surface area contributed by atoms with Crippen LogP contribution in [0, 0.1) is 11.6 Å². The number of hydrogen-bond donors (Lipinski definition) is 2. The zero-order valence-electron chi connectivity index (χ0n) is 14.1. The van der Waals surface area contributed by atoms with Crippen molar-refractivity contribution < 1.29 is 35.9 Å². The summed E-state index contributed by atoms with van der Waals surface area (Å²) in [5.41, 5.74) is -2.80. The molecule has 0 aliphatic carbocycles. The lowest BCUT2D eigenvalue weighted by atomic mass is 10.1. The molecule has 28 heavy (non-hydrogen) atoms. The first-order valence-electron chi connectivity index (χ1n) is 7.66. The van der Waals surface area contributed by atoms with E-state index in [-0.39, 0.29) is 6.42 Å². The quantitative estimate of drug-likeness (QED) is 0.743. The SMILES string of the molecule is CCc1ncc(NC(=O)NC(=O)c2c(F)cccc2F)nc1C(F)(F)C(F)F. The molecule has 6 nitrogen and oxygen atoms in total. The summed E-state index contributed by atoms with van der Waals surface area (Å²) in [6.45, 7) is 1.39. The molecule has 12 heteroatoms. The Labute approximate surface area is 154 Å². The number of carbonyl (C=O) groups is 2. The van der Waals surface area contributed by atoms with Gasteiger partial charge in [0.25, 0.3) is 5.91 Å². The van der Waals surface area contributed by atoms with Crippen molar-refractivity contribution in [2.75, 3.05) is 5.32 Å². The number of aryl methyl sites for hydroxylation is 1. The second kappa shape index (κ2) is 8.23. The van der Waals surface area contributed by atoms with Crippen molar-refractivity contribution in [1.82, 2.24) is 15.3 Å². The summed E-state index contributed by atoms with van der Waals surface area (Å²) in [4.78, 5) is 30.4. The number of nitrogens with zero attached hydrogens (tertiary/aromatic N) is 2. The Hall–Kier alpha value is -3.18. The lowest BCUT2D eigenvalue weighted by Gasteiger charge is -2.18. The number of amides is 3. The van der Waals surface area contributed by atoms with Crippen LogP contribution in [0.15, 0.2) is 24.4 Å². The normalized spacial score (nSPS) is 11.4. The predicted octanol–water partition coefficient (Wildman–Crippen LogP) is 3.64. The van der Waals surface area contributed by atoms with Crippen molar-refractivity contribution in [2.24, 2.45) is 0 Å². The largest absolute Gasteiger partial charge is 0.350 e. The highest BCUT2D eigenvalue weighted by molar-refractivity contribution is 6.07. The second-order valence-electron chi connectivity index (χ2n) is 5.33. The molecule has 0 bridgehead atoms. The van der Waals surface area contributed by atoms with Gasteiger partial charge in [0.05, 0.1) is 11.9 Å². The Morgan fingerprint density at radius 2 is 1.79 bits per heavy atom. The standard InChI is InChI=1S/C16H12F6N4O2/c1-2-9-12(16(21,22)14(19)20)24-10(6-23-9)25-15(28)26-13(27)11-7(17)4-3-5-8(11)18/h3-6,14H,2H2,1H3,(H2,24,25,26,27,28). The van der Waals surface area contributed by atoms with Crippen molar-refractivity contribution >= 4 is 17.8 Å². The fourth-order valence-electron chi connectivity index (χ4n) is 2.13. The molecule has 2 aromatic rings. The molecule has 0 radical (unpaired) electrons. The van der Waals surface area contributed by atoms with Gasteiger partial charge in [-0.15, -0.1) is 0 Å². The molecule has 2 N–H and O–H groups in total. The van der Waals surface area contributed by atoms with Gasteiger partial charge >= 0.3 is 18.4 Å². The molecule has 2 rings (SSSR count). The van der Waals surface area contributed by atoms with Gasteiger partial charge in [0.1, 0.15) is 22.9 Å². The van der Waals surface area contributed by atoms with Gasteiger partial charge in [-0.3, -0.25) is 20.4 Å². The van der Waals surface area contributed by atoms with Gasteiger partial charge in [-0.05, 0) is 18.6 Å². The molecule has 1 heterocycles. The minimum atomic E-state index is -4.63. The summed E-state index contributed by atoms with van der Waals surface area (Å²) in [6.07, 6.45) is -3.40. The number of halogens is 6. The Kier molecular flexibility index (Phi) is 6.21. The van der Waals surface area contributed by atoms with Gasteiger partial charge < -0.3 is 0 Å².